The molecule has 2 aromatic heterocycles. The van der Waals surface area contributed by atoms with E-state index in [1.54, 1.807) is 30.5 Å². The van der Waals surface area contributed by atoms with Crippen LogP contribution in [0.15, 0.2) is 71.5 Å². The molecule has 1 amide bonds. The lowest BCUT2D eigenvalue weighted by molar-refractivity contribution is -0.384. The Labute approximate surface area is 179 Å². The zero-order chi connectivity index (χ0) is 21.8. The number of nitrogens with zero attached hydrogens (tertiary/aromatic N) is 1. The van der Waals surface area contributed by atoms with Crippen LogP contribution in [0.5, 0.6) is 0 Å². The van der Waals surface area contributed by atoms with Crippen LogP contribution in [0.3, 0.4) is 0 Å². The van der Waals surface area contributed by atoms with Crippen molar-refractivity contribution in [3.8, 4) is 0 Å². The first-order chi connectivity index (χ1) is 15.1. The van der Waals surface area contributed by atoms with E-state index in [4.69, 9.17) is 4.42 Å². The topological polar surface area (TPSA) is 101 Å². The third-order valence-electron chi connectivity index (χ3n) is 5.50. The number of hydrogen-bond acceptors (Lipinski definition) is 4. The third kappa shape index (κ3) is 4.35. The number of non-ortho nitro benzene ring substituents is 1. The fourth-order valence-corrected chi connectivity index (χ4v) is 3.94. The molecule has 7 nitrogen and oxygen atoms in total. The molecule has 31 heavy (non-hydrogen) atoms. The number of rotatable bonds is 8. The molecular formula is C24H23N3O4. The van der Waals surface area contributed by atoms with Crippen LogP contribution >= 0.6 is 0 Å². The number of aromatic nitrogens is 1. The summed E-state index contributed by atoms with van der Waals surface area (Å²) < 4.78 is 5.28. The Balaban J connectivity index is 1.70. The molecule has 7 heteroatoms. The van der Waals surface area contributed by atoms with Gasteiger partial charge in [0.05, 0.1) is 17.7 Å². The van der Waals surface area contributed by atoms with Gasteiger partial charge in [0.25, 0.3) is 5.69 Å². The number of carbonyl (C=O) groups excluding carboxylic acids is 1. The fraction of sp³-hybridized carbons (Fsp3) is 0.208. The monoisotopic (exact) mass is 417 g/mol. The van der Waals surface area contributed by atoms with Gasteiger partial charge in [0.1, 0.15) is 5.76 Å². The van der Waals surface area contributed by atoms with Crippen molar-refractivity contribution >= 4 is 22.5 Å². The Morgan fingerprint density at radius 1 is 1.19 bits per heavy atom. The van der Waals surface area contributed by atoms with E-state index < -0.39 is 4.92 Å². The molecule has 0 saturated carbocycles. The zero-order valence-corrected chi connectivity index (χ0v) is 17.1. The molecule has 0 radical (unpaired) electrons. The summed E-state index contributed by atoms with van der Waals surface area (Å²) in [5, 5.41) is 15.2. The number of aryl methyl sites for hydroxylation is 1. The van der Waals surface area contributed by atoms with Crippen molar-refractivity contribution in [2.24, 2.45) is 0 Å². The summed E-state index contributed by atoms with van der Waals surface area (Å²) in [5.74, 6) is 0.172. The van der Waals surface area contributed by atoms with Gasteiger partial charge in [0, 0.05) is 41.6 Å². The lowest BCUT2D eigenvalue weighted by atomic mass is 9.87. The Kier molecular flexibility index (Phi) is 5.84. The zero-order valence-electron chi connectivity index (χ0n) is 17.1. The van der Waals surface area contributed by atoms with Gasteiger partial charge >= 0.3 is 0 Å². The molecule has 0 unspecified atom stereocenters. The fourth-order valence-electron chi connectivity index (χ4n) is 3.94. The van der Waals surface area contributed by atoms with Crippen LogP contribution in [0.4, 0.5) is 5.69 Å². The van der Waals surface area contributed by atoms with Crippen LogP contribution < -0.4 is 5.32 Å². The summed E-state index contributed by atoms with van der Waals surface area (Å²) in [4.78, 5) is 27.0. The van der Waals surface area contributed by atoms with E-state index in [2.05, 4.69) is 23.3 Å². The van der Waals surface area contributed by atoms with E-state index in [9.17, 15) is 14.9 Å². The summed E-state index contributed by atoms with van der Waals surface area (Å²) in [7, 11) is 0. The maximum atomic E-state index is 12.8. The summed E-state index contributed by atoms with van der Waals surface area (Å²) >= 11 is 0. The molecule has 2 N–H and O–H groups in total. The summed E-state index contributed by atoms with van der Waals surface area (Å²) in [5.41, 5.74) is 3.90. The maximum Gasteiger partial charge on any atom is 0.269 e. The van der Waals surface area contributed by atoms with Gasteiger partial charge in [-0.25, -0.2) is 0 Å². The predicted octanol–water partition coefficient (Wildman–Crippen LogP) is 5.07. The highest BCUT2D eigenvalue weighted by Gasteiger charge is 2.23. The van der Waals surface area contributed by atoms with Crippen molar-refractivity contribution in [3.05, 3.63) is 99.6 Å². The van der Waals surface area contributed by atoms with Gasteiger partial charge in [0.15, 0.2) is 0 Å². The first-order valence-corrected chi connectivity index (χ1v) is 10.2. The molecule has 0 bridgehead atoms. The minimum Gasteiger partial charge on any atom is -0.467 e. The van der Waals surface area contributed by atoms with Crippen molar-refractivity contribution in [1.29, 1.82) is 0 Å². The van der Waals surface area contributed by atoms with Crippen LogP contribution in [0.1, 0.15) is 41.7 Å². The van der Waals surface area contributed by atoms with E-state index in [1.807, 2.05) is 24.4 Å². The summed E-state index contributed by atoms with van der Waals surface area (Å²) in [6.07, 6.45) is 4.51. The van der Waals surface area contributed by atoms with Crippen LogP contribution in [0.25, 0.3) is 10.9 Å². The highest BCUT2D eigenvalue weighted by Crippen LogP contribution is 2.35. The molecule has 2 heterocycles. The number of nitro benzene ring substituents is 1. The van der Waals surface area contributed by atoms with Gasteiger partial charge in [-0.05, 0) is 35.2 Å². The highest BCUT2D eigenvalue weighted by molar-refractivity contribution is 5.88. The molecule has 0 aliphatic carbocycles. The molecule has 4 aromatic rings. The largest absolute Gasteiger partial charge is 0.467 e. The molecule has 4 rings (SSSR count). The van der Waals surface area contributed by atoms with E-state index in [1.165, 1.54) is 11.6 Å². The Bertz CT molecular complexity index is 1210. The van der Waals surface area contributed by atoms with Gasteiger partial charge in [-0.1, -0.05) is 37.3 Å². The first-order valence-electron chi connectivity index (χ1n) is 10.2. The van der Waals surface area contributed by atoms with Crippen LogP contribution in [-0.4, -0.2) is 15.8 Å². The summed E-state index contributed by atoms with van der Waals surface area (Å²) in [6.45, 7) is 2.39. The SMILES string of the molecule is CCc1cccc2c([C@H](CC(=O)NCc3ccco3)c3cccc([N+](=O)[O-])c3)c[nH]c12. The number of hydrogen-bond donors (Lipinski definition) is 2. The van der Waals surface area contributed by atoms with E-state index in [-0.39, 0.29) is 23.9 Å². The second kappa shape index (κ2) is 8.87. The normalized spacial score (nSPS) is 12.0. The number of fused-ring (bicyclic) bond motifs is 1. The van der Waals surface area contributed by atoms with E-state index >= 15 is 0 Å². The molecule has 0 aliphatic heterocycles. The van der Waals surface area contributed by atoms with Gasteiger partial charge in [0.2, 0.25) is 5.91 Å². The Hall–Kier alpha value is -3.87. The number of furan rings is 1. The average molecular weight is 417 g/mol. The van der Waals surface area contributed by atoms with Crippen molar-refractivity contribution < 1.29 is 14.1 Å². The van der Waals surface area contributed by atoms with Crippen LogP contribution in [0, 0.1) is 10.1 Å². The second-order valence-corrected chi connectivity index (χ2v) is 7.40. The molecule has 0 fully saturated rings. The van der Waals surface area contributed by atoms with Gasteiger partial charge < -0.3 is 14.7 Å². The lowest BCUT2D eigenvalue weighted by Crippen LogP contribution is -2.24. The Morgan fingerprint density at radius 3 is 2.77 bits per heavy atom. The van der Waals surface area contributed by atoms with Crippen molar-refractivity contribution in [1.82, 2.24) is 10.3 Å². The number of benzene rings is 2. The van der Waals surface area contributed by atoms with Crippen molar-refractivity contribution in [2.45, 2.75) is 32.2 Å². The van der Waals surface area contributed by atoms with Crippen molar-refractivity contribution in [2.75, 3.05) is 0 Å². The summed E-state index contributed by atoms with van der Waals surface area (Å²) in [6, 6.07) is 16.2. The second-order valence-electron chi connectivity index (χ2n) is 7.40. The smallest absolute Gasteiger partial charge is 0.269 e. The number of amides is 1. The number of para-hydroxylation sites is 1. The molecule has 0 saturated heterocycles. The average Bonchev–Trinajstić information content (AvgIpc) is 3.46. The predicted molar refractivity (Wildman–Crippen MR) is 118 cm³/mol. The van der Waals surface area contributed by atoms with E-state index in [0.717, 1.165) is 28.5 Å². The maximum absolute atomic E-state index is 12.8. The minimum atomic E-state index is -0.415. The molecule has 0 aliphatic rings. The molecule has 0 spiro atoms. The van der Waals surface area contributed by atoms with Gasteiger partial charge in [-0.3, -0.25) is 14.9 Å². The van der Waals surface area contributed by atoms with Gasteiger partial charge in [-0.2, -0.15) is 0 Å². The Morgan fingerprint density at radius 2 is 2.03 bits per heavy atom. The standard InChI is InChI=1S/C24H23N3O4/c1-2-16-6-4-10-20-22(15-26-24(16)20)21(17-7-3-8-18(12-17)27(29)30)13-23(28)25-14-19-9-5-11-31-19/h3-12,15,21,26H,2,13-14H2,1H3,(H,25,28)/t21-/m1/s1. The number of aromatic amines is 1. The number of nitro groups is 1. The number of carbonyl (C=O) groups is 1. The van der Waals surface area contributed by atoms with Crippen molar-refractivity contribution in [3.63, 3.8) is 0 Å². The third-order valence-corrected chi connectivity index (χ3v) is 5.50. The minimum absolute atomic E-state index is 0.00702. The van der Waals surface area contributed by atoms with Gasteiger partial charge in [-0.15, -0.1) is 0 Å². The molecule has 2 aromatic carbocycles. The van der Waals surface area contributed by atoms with Crippen LogP contribution in [0.2, 0.25) is 0 Å². The lowest BCUT2D eigenvalue weighted by Gasteiger charge is -2.17. The van der Waals surface area contributed by atoms with Crippen LogP contribution in [-0.2, 0) is 17.8 Å². The molecule has 158 valence electrons. The van der Waals surface area contributed by atoms with E-state index in [0.29, 0.717) is 12.3 Å². The number of nitrogens with one attached hydrogen (secondary N) is 2. The molecular weight excluding hydrogens is 394 g/mol. The first kappa shape index (κ1) is 20.4. The molecule has 1 atom stereocenters. The quantitative estimate of drug-likeness (QED) is 0.309. The highest BCUT2D eigenvalue weighted by atomic mass is 16.6. The number of H-pyrrole nitrogens is 1.